The highest BCUT2D eigenvalue weighted by molar-refractivity contribution is 7.99. The fourth-order valence-corrected chi connectivity index (χ4v) is 4.85. The molecule has 0 aliphatic carbocycles. The second-order valence-electron chi connectivity index (χ2n) is 7.29. The lowest BCUT2D eigenvalue weighted by molar-refractivity contribution is -0.113. The number of aromatic nitrogens is 3. The van der Waals surface area contributed by atoms with Crippen molar-refractivity contribution in [2.75, 3.05) is 18.2 Å². The molecule has 176 valence electrons. The normalized spacial score (nSPS) is 11.8. The molecule has 0 aliphatic rings. The first-order chi connectivity index (χ1) is 15.9. The number of thioether (sulfide) groups is 1. The van der Waals surface area contributed by atoms with Crippen LogP contribution in [0.1, 0.15) is 53.5 Å². The number of hydrogen-bond donors (Lipinski definition) is 1. The summed E-state index contributed by atoms with van der Waals surface area (Å²) in [6.07, 6.45) is 1.44. The molecule has 0 saturated heterocycles. The molecule has 8 nitrogen and oxygen atoms in total. The van der Waals surface area contributed by atoms with Gasteiger partial charge in [-0.05, 0) is 43.5 Å². The molecule has 10 heteroatoms. The average Bonchev–Trinajstić information content (AvgIpc) is 3.40. The zero-order valence-electron chi connectivity index (χ0n) is 19.4. The highest BCUT2D eigenvalue weighted by Gasteiger charge is 2.20. The van der Waals surface area contributed by atoms with E-state index in [1.807, 2.05) is 49.7 Å². The van der Waals surface area contributed by atoms with Crippen LogP contribution in [0.3, 0.4) is 0 Å². The van der Waals surface area contributed by atoms with Crippen LogP contribution in [0, 0.1) is 0 Å². The third-order valence-corrected chi connectivity index (χ3v) is 7.21. The Bertz CT molecular complexity index is 1110. The summed E-state index contributed by atoms with van der Waals surface area (Å²) in [5.74, 6) is 0.848. The molecular formula is C23H28N4O4S2. The molecule has 3 aromatic rings. The van der Waals surface area contributed by atoms with Crippen LogP contribution in [-0.4, -0.2) is 39.5 Å². The minimum Gasteiger partial charge on any atom is -0.483 e. The Labute approximate surface area is 201 Å². The first kappa shape index (κ1) is 24.8. The maximum Gasteiger partial charge on any atom is 0.340 e. The summed E-state index contributed by atoms with van der Waals surface area (Å²) < 4.78 is 12.6. The minimum atomic E-state index is -0.467. The van der Waals surface area contributed by atoms with Crippen molar-refractivity contribution in [2.24, 2.45) is 7.05 Å². The third kappa shape index (κ3) is 6.14. The van der Waals surface area contributed by atoms with E-state index in [1.54, 1.807) is 6.07 Å². The number of nitrogens with one attached hydrogen (secondary N) is 1. The number of carbonyl (C=O) groups excluding carboxylic acids is 2. The molecule has 0 fully saturated rings. The summed E-state index contributed by atoms with van der Waals surface area (Å²) in [4.78, 5) is 25.5. The monoisotopic (exact) mass is 488 g/mol. The van der Waals surface area contributed by atoms with Crippen molar-refractivity contribution in [3.8, 4) is 5.75 Å². The van der Waals surface area contributed by atoms with Gasteiger partial charge in [0.1, 0.15) is 10.8 Å². The number of anilines is 1. The molecule has 3 rings (SSSR count). The van der Waals surface area contributed by atoms with Crippen LogP contribution >= 0.6 is 23.1 Å². The number of amides is 1. The first-order valence-electron chi connectivity index (χ1n) is 10.6. The fourth-order valence-electron chi connectivity index (χ4n) is 3.13. The van der Waals surface area contributed by atoms with Gasteiger partial charge in [0.05, 0.1) is 18.4 Å². The molecule has 1 N–H and O–H groups in total. The third-order valence-electron chi connectivity index (χ3n) is 5.00. The number of hydrogen-bond acceptors (Lipinski definition) is 8. The number of nitrogens with zero attached hydrogens (tertiary/aromatic N) is 3. The van der Waals surface area contributed by atoms with Crippen molar-refractivity contribution in [3.63, 3.8) is 0 Å². The van der Waals surface area contributed by atoms with E-state index in [9.17, 15) is 9.59 Å². The Morgan fingerprint density at radius 3 is 2.55 bits per heavy atom. The van der Waals surface area contributed by atoms with Crippen molar-refractivity contribution >= 4 is 40.0 Å². The second-order valence-corrected chi connectivity index (χ2v) is 9.37. The standard InChI is InChI=1S/C23H28N4O4S2/c1-6-15-8-10-16(11-9-15)31-14(3)20-25-26-23(27(20)4)32-13-19(28)24-21-18(22(29)30-5)12-17(7-2)33-21/h8-12,14H,6-7,13H2,1-5H3,(H,24,28). The molecule has 1 amide bonds. The van der Waals surface area contributed by atoms with Crippen molar-refractivity contribution in [1.82, 2.24) is 14.8 Å². The van der Waals surface area contributed by atoms with E-state index in [0.29, 0.717) is 21.5 Å². The van der Waals surface area contributed by atoms with Gasteiger partial charge in [0, 0.05) is 11.9 Å². The fraction of sp³-hybridized carbons (Fsp3) is 0.391. The lowest BCUT2D eigenvalue weighted by atomic mass is 10.2. The van der Waals surface area contributed by atoms with Gasteiger partial charge in [-0.15, -0.1) is 21.5 Å². The summed E-state index contributed by atoms with van der Waals surface area (Å²) >= 11 is 2.64. The number of benzene rings is 1. The SMILES string of the molecule is CCc1ccc(OC(C)c2nnc(SCC(=O)Nc3sc(CC)cc3C(=O)OC)n2C)cc1. The molecule has 0 aliphatic heterocycles. The van der Waals surface area contributed by atoms with Crippen LogP contribution in [0.2, 0.25) is 0 Å². The highest BCUT2D eigenvalue weighted by atomic mass is 32.2. The zero-order valence-corrected chi connectivity index (χ0v) is 21.0. The number of thiophene rings is 1. The molecule has 33 heavy (non-hydrogen) atoms. The van der Waals surface area contributed by atoms with Crippen LogP contribution in [0.25, 0.3) is 0 Å². The number of aryl methyl sites for hydroxylation is 2. The lowest BCUT2D eigenvalue weighted by Crippen LogP contribution is -2.16. The summed E-state index contributed by atoms with van der Waals surface area (Å²) in [5, 5.41) is 12.4. The van der Waals surface area contributed by atoms with Crippen molar-refractivity contribution in [2.45, 2.75) is 44.9 Å². The molecule has 0 radical (unpaired) electrons. The number of esters is 1. The van der Waals surface area contributed by atoms with Gasteiger partial charge in [0.25, 0.3) is 0 Å². The molecule has 2 heterocycles. The molecule has 1 unspecified atom stereocenters. The van der Waals surface area contributed by atoms with Gasteiger partial charge >= 0.3 is 5.97 Å². The van der Waals surface area contributed by atoms with E-state index in [2.05, 4.69) is 22.4 Å². The molecule has 0 saturated carbocycles. The Kier molecular flexibility index (Phi) is 8.51. The van der Waals surface area contributed by atoms with Gasteiger partial charge in [0.15, 0.2) is 17.1 Å². The van der Waals surface area contributed by atoms with Crippen molar-refractivity contribution in [1.29, 1.82) is 0 Å². The van der Waals surface area contributed by atoms with Gasteiger partial charge in [-0.25, -0.2) is 4.79 Å². The quantitative estimate of drug-likeness (QED) is 0.328. The highest BCUT2D eigenvalue weighted by Crippen LogP contribution is 2.30. The van der Waals surface area contributed by atoms with Crippen LogP contribution in [-0.2, 0) is 29.4 Å². The van der Waals surface area contributed by atoms with E-state index in [1.165, 1.54) is 35.8 Å². The average molecular weight is 489 g/mol. The maximum atomic E-state index is 12.5. The maximum absolute atomic E-state index is 12.5. The molecular weight excluding hydrogens is 460 g/mol. The first-order valence-corrected chi connectivity index (χ1v) is 12.4. The van der Waals surface area contributed by atoms with Crippen LogP contribution in [0.5, 0.6) is 5.75 Å². The van der Waals surface area contributed by atoms with E-state index >= 15 is 0 Å². The molecule has 0 spiro atoms. The van der Waals surface area contributed by atoms with Gasteiger partial charge in [-0.2, -0.15) is 0 Å². The van der Waals surface area contributed by atoms with E-state index in [4.69, 9.17) is 9.47 Å². The largest absolute Gasteiger partial charge is 0.483 e. The number of carbonyl (C=O) groups is 2. The van der Waals surface area contributed by atoms with Gasteiger partial charge < -0.3 is 19.4 Å². The zero-order chi connectivity index (χ0) is 24.0. The van der Waals surface area contributed by atoms with Gasteiger partial charge in [0.2, 0.25) is 5.91 Å². The molecule has 1 atom stereocenters. The summed E-state index contributed by atoms with van der Waals surface area (Å²) in [5.41, 5.74) is 1.62. The topological polar surface area (TPSA) is 95.3 Å². The summed E-state index contributed by atoms with van der Waals surface area (Å²) in [6.45, 7) is 6.01. The Balaban J connectivity index is 1.60. The summed E-state index contributed by atoms with van der Waals surface area (Å²) in [6, 6.07) is 9.74. The molecule has 1 aromatic carbocycles. The van der Waals surface area contributed by atoms with E-state index < -0.39 is 5.97 Å². The van der Waals surface area contributed by atoms with Crippen LogP contribution in [0.15, 0.2) is 35.5 Å². The smallest absolute Gasteiger partial charge is 0.340 e. The van der Waals surface area contributed by atoms with Crippen LogP contribution in [0.4, 0.5) is 5.00 Å². The lowest BCUT2D eigenvalue weighted by Gasteiger charge is -2.14. The molecule has 2 aromatic heterocycles. The van der Waals surface area contributed by atoms with Crippen LogP contribution < -0.4 is 10.1 Å². The number of ether oxygens (including phenoxy) is 2. The second kappa shape index (κ2) is 11.3. The number of methoxy groups -OCH3 is 1. The Morgan fingerprint density at radius 1 is 1.18 bits per heavy atom. The van der Waals surface area contributed by atoms with Gasteiger partial charge in [-0.1, -0.05) is 37.7 Å². The van der Waals surface area contributed by atoms with Crippen molar-refractivity contribution < 1.29 is 19.1 Å². The Morgan fingerprint density at radius 2 is 1.91 bits per heavy atom. The predicted octanol–water partition coefficient (Wildman–Crippen LogP) is 4.66. The number of rotatable bonds is 10. The summed E-state index contributed by atoms with van der Waals surface area (Å²) in [7, 11) is 3.17. The van der Waals surface area contributed by atoms with E-state index in [0.717, 1.165) is 23.5 Å². The van der Waals surface area contributed by atoms with Crippen molar-refractivity contribution in [3.05, 3.63) is 52.2 Å². The Hall–Kier alpha value is -2.85. The minimum absolute atomic E-state index is 0.125. The predicted molar refractivity (Wildman–Crippen MR) is 130 cm³/mol. The van der Waals surface area contributed by atoms with E-state index in [-0.39, 0.29) is 17.8 Å². The van der Waals surface area contributed by atoms with Gasteiger partial charge in [-0.3, -0.25) is 4.79 Å². The molecule has 0 bridgehead atoms.